The molecule has 0 bridgehead atoms. The maximum atomic E-state index is 11.7. The molecule has 3 atom stereocenters. The fraction of sp³-hybridized carbons (Fsp3) is 0.800. The van der Waals surface area contributed by atoms with Gasteiger partial charge in [-0.05, 0) is 18.8 Å². The minimum absolute atomic E-state index is 0.101. The molecule has 1 fully saturated rings. The van der Waals surface area contributed by atoms with Gasteiger partial charge in [0.1, 0.15) is 0 Å². The maximum Gasteiger partial charge on any atom is 0.236 e. The van der Waals surface area contributed by atoms with Gasteiger partial charge in [0.2, 0.25) is 11.8 Å². The van der Waals surface area contributed by atoms with Crippen molar-refractivity contribution in [3.63, 3.8) is 0 Å². The van der Waals surface area contributed by atoms with E-state index in [-0.39, 0.29) is 24.4 Å². The molecule has 0 aliphatic heterocycles. The Morgan fingerprint density at radius 3 is 2.67 bits per heavy atom. The molecule has 0 aromatic heterocycles. The zero-order valence-corrected chi connectivity index (χ0v) is 9.03. The summed E-state index contributed by atoms with van der Waals surface area (Å²) in [7, 11) is 0. The van der Waals surface area contributed by atoms with E-state index in [9.17, 15) is 9.59 Å². The van der Waals surface area contributed by atoms with Crippen molar-refractivity contribution < 1.29 is 9.59 Å². The minimum atomic E-state index is -0.527. The maximum absolute atomic E-state index is 11.7. The zero-order valence-electron chi connectivity index (χ0n) is 9.03. The third-order valence-corrected chi connectivity index (χ3v) is 3.07. The number of primary amides is 1. The van der Waals surface area contributed by atoms with Crippen LogP contribution in [0.25, 0.3) is 0 Å². The predicted molar refractivity (Wildman–Crippen MR) is 56.7 cm³/mol. The Labute approximate surface area is 89.6 Å². The standard InChI is InChI=1S/C10H19N3O2/c1-6-3-2-4-7(9(6)12)10(15)13-5-8(11)14/h6-7,9H,2-5,12H2,1H3,(H2,11,14)(H,13,15). The molecule has 15 heavy (non-hydrogen) atoms. The van der Waals surface area contributed by atoms with Gasteiger partial charge >= 0.3 is 0 Å². The van der Waals surface area contributed by atoms with Crippen molar-refractivity contribution in [2.45, 2.75) is 32.2 Å². The Hall–Kier alpha value is -1.10. The van der Waals surface area contributed by atoms with Crippen molar-refractivity contribution in [3.8, 4) is 0 Å². The van der Waals surface area contributed by atoms with Gasteiger partial charge in [0.15, 0.2) is 0 Å². The number of carbonyl (C=O) groups is 2. The van der Waals surface area contributed by atoms with Crippen LogP contribution in [0.4, 0.5) is 0 Å². The summed E-state index contributed by atoms with van der Waals surface area (Å²) in [5.41, 5.74) is 10.9. The van der Waals surface area contributed by atoms with Crippen molar-refractivity contribution in [2.75, 3.05) is 6.54 Å². The molecule has 5 nitrogen and oxygen atoms in total. The number of nitrogens with two attached hydrogens (primary N) is 2. The van der Waals surface area contributed by atoms with E-state index in [1.54, 1.807) is 0 Å². The quantitative estimate of drug-likeness (QED) is 0.581. The smallest absolute Gasteiger partial charge is 0.236 e. The molecule has 1 rings (SSSR count). The normalized spacial score (nSPS) is 30.9. The van der Waals surface area contributed by atoms with E-state index in [2.05, 4.69) is 12.2 Å². The third-order valence-electron chi connectivity index (χ3n) is 3.07. The lowest BCUT2D eigenvalue weighted by Crippen LogP contribution is -2.48. The van der Waals surface area contributed by atoms with Gasteiger partial charge in [0.05, 0.1) is 12.5 Å². The van der Waals surface area contributed by atoms with Gasteiger partial charge in [0, 0.05) is 6.04 Å². The van der Waals surface area contributed by atoms with Crippen LogP contribution in [0.1, 0.15) is 26.2 Å². The molecule has 2 amide bonds. The third kappa shape index (κ3) is 3.20. The second-order valence-corrected chi connectivity index (χ2v) is 4.28. The second-order valence-electron chi connectivity index (χ2n) is 4.28. The van der Waals surface area contributed by atoms with Crippen LogP contribution in [0, 0.1) is 11.8 Å². The average Bonchev–Trinajstić information content (AvgIpc) is 2.18. The van der Waals surface area contributed by atoms with Crippen molar-refractivity contribution in [2.24, 2.45) is 23.3 Å². The molecule has 5 heteroatoms. The lowest BCUT2D eigenvalue weighted by molar-refractivity contribution is -0.129. The summed E-state index contributed by atoms with van der Waals surface area (Å²) < 4.78 is 0. The Morgan fingerprint density at radius 1 is 1.40 bits per heavy atom. The van der Waals surface area contributed by atoms with Crippen LogP contribution in [-0.4, -0.2) is 24.4 Å². The second kappa shape index (κ2) is 5.11. The van der Waals surface area contributed by atoms with Crippen LogP contribution in [0.3, 0.4) is 0 Å². The first kappa shape index (κ1) is 12.0. The van der Waals surface area contributed by atoms with Gasteiger partial charge in [-0.25, -0.2) is 0 Å². The first-order valence-electron chi connectivity index (χ1n) is 5.34. The van der Waals surface area contributed by atoms with Crippen LogP contribution in [0.2, 0.25) is 0 Å². The highest BCUT2D eigenvalue weighted by Crippen LogP contribution is 2.27. The molecule has 0 saturated heterocycles. The van der Waals surface area contributed by atoms with Crippen molar-refractivity contribution in [1.82, 2.24) is 5.32 Å². The van der Waals surface area contributed by atoms with Crippen molar-refractivity contribution in [1.29, 1.82) is 0 Å². The highest BCUT2D eigenvalue weighted by Gasteiger charge is 2.32. The highest BCUT2D eigenvalue weighted by molar-refractivity contribution is 5.85. The van der Waals surface area contributed by atoms with E-state index >= 15 is 0 Å². The molecule has 0 aromatic rings. The van der Waals surface area contributed by atoms with Crippen LogP contribution in [0.15, 0.2) is 0 Å². The van der Waals surface area contributed by atoms with E-state index in [1.165, 1.54) is 0 Å². The van der Waals surface area contributed by atoms with Crippen molar-refractivity contribution in [3.05, 3.63) is 0 Å². The Bertz CT molecular complexity index is 255. The molecular formula is C10H19N3O2. The monoisotopic (exact) mass is 213 g/mol. The van der Waals surface area contributed by atoms with Gasteiger partial charge in [-0.3, -0.25) is 9.59 Å². The summed E-state index contributed by atoms with van der Waals surface area (Å²) in [4.78, 5) is 22.2. The molecule has 0 radical (unpaired) electrons. The van der Waals surface area contributed by atoms with E-state index in [1.807, 2.05) is 0 Å². The number of hydrogen-bond acceptors (Lipinski definition) is 3. The van der Waals surface area contributed by atoms with Gasteiger partial charge in [-0.2, -0.15) is 0 Å². The summed E-state index contributed by atoms with van der Waals surface area (Å²) in [6, 6.07) is -0.105. The zero-order chi connectivity index (χ0) is 11.4. The SMILES string of the molecule is CC1CCCC(C(=O)NCC(N)=O)C1N. The molecule has 5 N–H and O–H groups in total. The molecule has 1 aliphatic carbocycles. The Morgan fingerprint density at radius 2 is 2.07 bits per heavy atom. The average molecular weight is 213 g/mol. The van der Waals surface area contributed by atoms with Crippen LogP contribution in [-0.2, 0) is 9.59 Å². The van der Waals surface area contributed by atoms with E-state index in [0.717, 1.165) is 19.3 Å². The molecule has 3 unspecified atom stereocenters. The van der Waals surface area contributed by atoms with Crippen LogP contribution < -0.4 is 16.8 Å². The molecule has 86 valence electrons. The number of nitrogens with one attached hydrogen (secondary N) is 1. The highest BCUT2D eigenvalue weighted by atomic mass is 16.2. The number of hydrogen-bond donors (Lipinski definition) is 3. The lowest BCUT2D eigenvalue weighted by atomic mass is 9.78. The summed E-state index contributed by atoms with van der Waals surface area (Å²) >= 11 is 0. The fourth-order valence-corrected chi connectivity index (χ4v) is 2.05. The molecule has 1 aliphatic rings. The van der Waals surface area contributed by atoms with Crippen LogP contribution >= 0.6 is 0 Å². The van der Waals surface area contributed by atoms with Gasteiger partial charge in [-0.1, -0.05) is 13.3 Å². The van der Waals surface area contributed by atoms with Gasteiger partial charge < -0.3 is 16.8 Å². The van der Waals surface area contributed by atoms with E-state index < -0.39 is 5.91 Å². The van der Waals surface area contributed by atoms with E-state index in [0.29, 0.717) is 5.92 Å². The lowest BCUT2D eigenvalue weighted by Gasteiger charge is -2.32. The molecule has 1 saturated carbocycles. The van der Waals surface area contributed by atoms with E-state index in [4.69, 9.17) is 11.5 Å². The molecule has 0 aromatic carbocycles. The summed E-state index contributed by atoms with van der Waals surface area (Å²) in [5, 5.41) is 2.51. The Kier molecular flexibility index (Phi) is 4.08. The predicted octanol–water partition coefficient (Wildman–Crippen LogP) is -0.649. The first-order chi connectivity index (χ1) is 7.02. The number of carbonyl (C=O) groups excluding carboxylic acids is 2. The summed E-state index contributed by atoms with van der Waals surface area (Å²) in [6.07, 6.45) is 2.89. The summed E-state index contributed by atoms with van der Waals surface area (Å²) in [5.74, 6) is -0.482. The minimum Gasteiger partial charge on any atom is -0.368 e. The fourth-order valence-electron chi connectivity index (χ4n) is 2.05. The number of amides is 2. The largest absolute Gasteiger partial charge is 0.368 e. The van der Waals surface area contributed by atoms with Crippen molar-refractivity contribution >= 4 is 11.8 Å². The van der Waals surface area contributed by atoms with Gasteiger partial charge in [0.25, 0.3) is 0 Å². The Balaban J connectivity index is 2.47. The van der Waals surface area contributed by atoms with Crippen LogP contribution in [0.5, 0.6) is 0 Å². The number of rotatable bonds is 3. The topological polar surface area (TPSA) is 98.2 Å². The molecular weight excluding hydrogens is 194 g/mol. The molecule has 0 heterocycles. The first-order valence-corrected chi connectivity index (χ1v) is 5.34. The molecule has 0 spiro atoms. The summed E-state index contributed by atoms with van der Waals surface area (Å²) in [6.45, 7) is 1.95. The van der Waals surface area contributed by atoms with Gasteiger partial charge in [-0.15, -0.1) is 0 Å².